The lowest BCUT2D eigenvalue weighted by molar-refractivity contribution is -0.138. The van der Waals surface area contributed by atoms with Crippen LogP contribution < -0.4 is 0 Å². The largest absolute Gasteiger partial charge is 0.416 e. The van der Waals surface area contributed by atoms with E-state index in [-0.39, 0.29) is 0 Å². The van der Waals surface area contributed by atoms with E-state index in [1.54, 1.807) is 12.1 Å². The molecule has 1 aliphatic rings. The number of rotatable bonds is 4. The SMILES string of the molecule is C=C(C)C1=C(CCc2ccccc2C(F)(F)F)C=C(C)C1. The molecule has 0 fully saturated rings. The molecule has 0 N–H and O–H groups in total. The minimum absolute atomic E-state index is 0.358. The topological polar surface area (TPSA) is 0 Å². The van der Waals surface area contributed by atoms with Gasteiger partial charge >= 0.3 is 6.18 Å². The lowest BCUT2D eigenvalue weighted by Gasteiger charge is -2.13. The molecule has 112 valence electrons. The van der Waals surface area contributed by atoms with Gasteiger partial charge in [0, 0.05) is 0 Å². The van der Waals surface area contributed by atoms with E-state index < -0.39 is 11.7 Å². The number of hydrogen-bond donors (Lipinski definition) is 0. The van der Waals surface area contributed by atoms with Gasteiger partial charge in [-0.25, -0.2) is 0 Å². The van der Waals surface area contributed by atoms with Crippen molar-refractivity contribution in [2.45, 2.75) is 39.3 Å². The van der Waals surface area contributed by atoms with Crippen LogP contribution in [0.25, 0.3) is 0 Å². The first kappa shape index (κ1) is 15.6. The van der Waals surface area contributed by atoms with Crippen LogP contribution >= 0.6 is 0 Å². The van der Waals surface area contributed by atoms with Gasteiger partial charge in [-0.1, -0.05) is 42.0 Å². The van der Waals surface area contributed by atoms with Crippen molar-refractivity contribution in [3.63, 3.8) is 0 Å². The van der Waals surface area contributed by atoms with Crippen molar-refractivity contribution in [2.75, 3.05) is 0 Å². The minimum Gasteiger partial charge on any atom is -0.166 e. The van der Waals surface area contributed by atoms with Crippen LogP contribution in [-0.4, -0.2) is 0 Å². The molecule has 0 aromatic heterocycles. The zero-order valence-electron chi connectivity index (χ0n) is 12.3. The molecule has 0 saturated heterocycles. The Kier molecular flexibility index (Phi) is 4.40. The zero-order chi connectivity index (χ0) is 15.6. The summed E-state index contributed by atoms with van der Waals surface area (Å²) < 4.78 is 38.9. The van der Waals surface area contributed by atoms with E-state index in [1.165, 1.54) is 17.2 Å². The Bertz CT molecular complexity index is 616. The summed E-state index contributed by atoms with van der Waals surface area (Å²) in [4.78, 5) is 0. The van der Waals surface area contributed by atoms with Crippen LogP contribution in [0.3, 0.4) is 0 Å². The Morgan fingerprint density at radius 2 is 1.86 bits per heavy atom. The molecule has 1 aliphatic carbocycles. The molecule has 0 heterocycles. The monoisotopic (exact) mass is 292 g/mol. The Hall–Kier alpha value is -1.77. The molecule has 0 amide bonds. The molecule has 0 radical (unpaired) electrons. The number of allylic oxidation sites excluding steroid dienone is 5. The number of aryl methyl sites for hydroxylation is 1. The summed E-state index contributed by atoms with van der Waals surface area (Å²) in [6.45, 7) is 7.95. The summed E-state index contributed by atoms with van der Waals surface area (Å²) in [5, 5.41) is 0. The number of hydrogen-bond acceptors (Lipinski definition) is 0. The predicted molar refractivity (Wildman–Crippen MR) is 80.0 cm³/mol. The Morgan fingerprint density at radius 1 is 1.19 bits per heavy atom. The van der Waals surface area contributed by atoms with Crippen molar-refractivity contribution in [2.24, 2.45) is 0 Å². The Morgan fingerprint density at radius 3 is 2.48 bits per heavy atom. The molecular formula is C18H19F3. The number of alkyl halides is 3. The maximum Gasteiger partial charge on any atom is 0.416 e. The van der Waals surface area contributed by atoms with E-state index in [9.17, 15) is 13.2 Å². The van der Waals surface area contributed by atoms with Gasteiger partial charge in [0.05, 0.1) is 5.56 Å². The summed E-state index contributed by atoms with van der Waals surface area (Å²) in [6.07, 6.45) is -0.326. The third-order valence-corrected chi connectivity index (χ3v) is 3.77. The molecule has 0 nitrogen and oxygen atoms in total. The fraction of sp³-hybridized carbons (Fsp3) is 0.333. The highest BCUT2D eigenvalue weighted by Gasteiger charge is 2.32. The van der Waals surface area contributed by atoms with Crippen molar-refractivity contribution in [1.29, 1.82) is 0 Å². The van der Waals surface area contributed by atoms with Crippen molar-refractivity contribution in [3.8, 4) is 0 Å². The van der Waals surface area contributed by atoms with Crippen LogP contribution in [0.1, 0.15) is 37.8 Å². The highest BCUT2D eigenvalue weighted by atomic mass is 19.4. The van der Waals surface area contributed by atoms with Crippen LogP contribution in [-0.2, 0) is 12.6 Å². The molecule has 0 aliphatic heterocycles. The predicted octanol–water partition coefficient (Wildman–Crippen LogP) is 5.86. The average molecular weight is 292 g/mol. The molecule has 21 heavy (non-hydrogen) atoms. The van der Waals surface area contributed by atoms with Gasteiger partial charge in [-0.3, -0.25) is 0 Å². The van der Waals surface area contributed by atoms with E-state index >= 15 is 0 Å². The van der Waals surface area contributed by atoms with Crippen LogP contribution in [0.15, 0.2) is 59.2 Å². The van der Waals surface area contributed by atoms with Crippen molar-refractivity contribution in [1.82, 2.24) is 0 Å². The van der Waals surface area contributed by atoms with Crippen LogP contribution in [0, 0.1) is 0 Å². The highest BCUT2D eigenvalue weighted by Crippen LogP contribution is 2.35. The van der Waals surface area contributed by atoms with Gasteiger partial charge in [0.1, 0.15) is 0 Å². The van der Waals surface area contributed by atoms with Gasteiger partial charge in [0.2, 0.25) is 0 Å². The van der Waals surface area contributed by atoms with E-state index in [4.69, 9.17) is 0 Å². The standard InChI is InChI=1S/C18H19F3/c1-12(2)16-11-13(3)10-15(16)9-8-14-6-4-5-7-17(14)18(19,20)21/h4-7,10H,1,8-9,11H2,2-3H3. The summed E-state index contributed by atoms with van der Waals surface area (Å²) >= 11 is 0. The second-order valence-corrected chi connectivity index (χ2v) is 5.61. The van der Waals surface area contributed by atoms with E-state index in [0.29, 0.717) is 18.4 Å². The molecule has 1 aromatic carbocycles. The Balaban J connectivity index is 2.21. The van der Waals surface area contributed by atoms with Crippen molar-refractivity contribution < 1.29 is 13.2 Å². The smallest absolute Gasteiger partial charge is 0.166 e. The summed E-state index contributed by atoms with van der Waals surface area (Å²) in [6, 6.07) is 5.81. The molecule has 2 rings (SSSR count). The summed E-state index contributed by atoms with van der Waals surface area (Å²) in [7, 11) is 0. The van der Waals surface area contributed by atoms with Crippen molar-refractivity contribution in [3.05, 3.63) is 70.3 Å². The van der Waals surface area contributed by atoms with Gasteiger partial charge in [-0.2, -0.15) is 13.2 Å². The Labute approximate surface area is 123 Å². The lowest BCUT2D eigenvalue weighted by atomic mass is 9.96. The van der Waals surface area contributed by atoms with Crippen molar-refractivity contribution >= 4 is 0 Å². The van der Waals surface area contributed by atoms with E-state index in [1.807, 2.05) is 13.8 Å². The fourth-order valence-electron chi connectivity index (χ4n) is 2.76. The maximum absolute atomic E-state index is 13.0. The molecule has 0 spiro atoms. The summed E-state index contributed by atoms with van der Waals surface area (Å²) in [5.74, 6) is 0. The average Bonchev–Trinajstić information content (AvgIpc) is 2.77. The summed E-state index contributed by atoms with van der Waals surface area (Å²) in [5.41, 5.74) is 4.38. The first-order valence-corrected chi connectivity index (χ1v) is 6.99. The quantitative estimate of drug-likeness (QED) is 0.652. The molecular weight excluding hydrogens is 273 g/mol. The normalized spacial score (nSPS) is 15.4. The third-order valence-electron chi connectivity index (χ3n) is 3.77. The van der Waals surface area contributed by atoms with E-state index in [2.05, 4.69) is 12.7 Å². The van der Waals surface area contributed by atoms with Gasteiger partial charge in [0.25, 0.3) is 0 Å². The first-order chi connectivity index (χ1) is 9.79. The molecule has 0 atom stereocenters. The zero-order valence-corrected chi connectivity index (χ0v) is 12.3. The maximum atomic E-state index is 13.0. The second-order valence-electron chi connectivity index (χ2n) is 5.61. The number of benzene rings is 1. The number of halogens is 3. The fourth-order valence-corrected chi connectivity index (χ4v) is 2.76. The minimum atomic E-state index is -4.29. The molecule has 0 bridgehead atoms. The molecule has 3 heteroatoms. The first-order valence-electron chi connectivity index (χ1n) is 6.99. The lowest BCUT2D eigenvalue weighted by Crippen LogP contribution is -2.09. The molecule has 1 aromatic rings. The highest BCUT2D eigenvalue weighted by molar-refractivity contribution is 5.47. The van der Waals surface area contributed by atoms with E-state index in [0.717, 1.165) is 23.6 Å². The molecule has 0 saturated carbocycles. The molecule has 0 unspecified atom stereocenters. The van der Waals surface area contributed by atoms with Crippen LogP contribution in [0.2, 0.25) is 0 Å². The van der Waals surface area contributed by atoms with Gasteiger partial charge in [-0.15, -0.1) is 0 Å². The van der Waals surface area contributed by atoms with Gasteiger partial charge in [0.15, 0.2) is 0 Å². The van der Waals surface area contributed by atoms with Crippen LogP contribution in [0.5, 0.6) is 0 Å². The van der Waals surface area contributed by atoms with Gasteiger partial charge < -0.3 is 0 Å². The second kappa shape index (κ2) is 5.92. The van der Waals surface area contributed by atoms with Gasteiger partial charge in [-0.05, 0) is 55.9 Å². The third kappa shape index (κ3) is 3.66. The van der Waals surface area contributed by atoms with Crippen LogP contribution in [0.4, 0.5) is 13.2 Å².